The first-order valence-electron chi connectivity index (χ1n) is 8.52. The van der Waals surface area contributed by atoms with Crippen LogP contribution in [0.25, 0.3) is 0 Å². The second-order valence-corrected chi connectivity index (χ2v) is 12.2. The SMILES string of the molecule is CC(C)(C)P(C[C@](O)(c1ccccc1)c1ccccn1)C(C)(C)C. The third-order valence-corrected chi connectivity index (χ3v) is 8.36. The molecule has 0 fully saturated rings. The lowest BCUT2D eigenvalue weighted by Gasteiger charge is -2.45. The molecule has 0 bridgehead atoms. The maximum atomic E-state index is 11.8. The minimum atomic E-state index is -1.06. The van der Waals surface area contributed by atoms with Crippen LogP contribution in [0.3, 0.4) is 0 Å². The molecule has 0 aliphatic rings. The third-order valence-electron chi connectivity index (χ3n) is 4.35. The fraction of sp³-hybridized carbons (Fsp3) is 0.476. The van der Waals surface area contributed by atoms with Crippen LogP contribution < -0.4 is 0 Å². The number of benzene rings is 1. The molecule has 1 atom stereocenters. The van der Waals surface area contributed by atoms with E-state index in [4.69, 9.17) is 0 Å². The van der Waals surface area contributed by atoms with Gasteiger partial charge in [0.05, 0.1) is 5.69 Å². The van der Waals surface area contributed by atoms with Crippen molar-refractivity contribution in [2.24, 2.45) is 0 Å². The second kappa shape index (κ2) is 6.94. The van der Waals surface area contributed by atoms with E-state index in [1.165, 1.54) is 0 Å². The molecule has 1 heterocycles. The molecule has 0 saturated heterocycles. The Morgan fingerprint density at radius 3 is 1.83 bits per heavy atom. The minimum absolute atomic E-state index is 0.144. The number of pyridine rings is 1. The fourth-order valence-electron chi connectivity index (χ4n) is 3.35. The maximum absolute atomic E-state index is 11.8. The molecule has 0 aliphatic heterocycles. The van der Waals surface area contributed by atoms with Crippen LogP contribution in [-0.2, 0) is 5.60 Å². The highest BCUT2D eigenvalue weighted by molar-refractivity contribution is 7.60. The van der Waals surface area contributed by atoms with Gasteiger partial charge in [0.25, 0.3) is 0 Å². The Bertz CT molecular complexity index is 588. The van der Waals surface area contributed by atoms with E-state index in [1.807, 2.05) is 48.5 Å². The zero-order valence-corrected chi connectivity index (χ0v) is 16.6. The molecular formula is C21H30NOP. The number of hydrogen-bond donors (Lipinski definition) is 1. The van der Waals surface area contributed by atoms with Crippen molar-refractivity contribution < 1.29 is 5.11 Å². The van der Waals surface area contributed by atoms with Gasteiger partial charge >= 0.3 is 0 Å². The summed E-state index contributed by atoms with van der Waals surface area (Å²) in [4.78, 5) is 4.50. The van der Waals surface area contributed by atoms with Gasteiger partial charge in [-0.2, -0.15) is 0 Å². The Kier molecular flexibility index (Phi) is 5.52. The summed E-state index contributed by atoms with van der Waals surface area (Å²) >= 11 is 0. The van der Waals surface area contributed by atoms with Gasteiger partial charge in [0.2, 0.25) is 0 Å². The van der Waals surface area contributed by atoms with Crippen LogP contribution in [0.2, 0.25) is 0 Å². The zero-order valence-electron chi connectivity index (χ0n) is 15.7. The lowest BCUT2D eigenvalue weighted by atomic mass is 9.92. The summed E-state index contributed by atoms with van der Waals surface area (Å²) in [6.07, 6.45) is 2.47. The number of aromatic nitrogens is 1. The summed E-state index contributed by atoms with van der Waals surface area (Å²) in [5.74, 6) is 0. The van der Waals surface area contributed by atoms with Crippen molar-refractivity contribution in [1.29, 1.82) is 0 Å². The van der Waals surface area contributed by atoms with E-state index in [0.717, 1.165) is 11.3 Å². The minimum Gasteiger partial charge on any atom is -0.378 e. The van der Waals surface area contributed by atoms with E-state index in [1.54, 1.807) is 6.20 Å². The molecule has 1 aromatic carbocycles. The smallest absolute Gasteiger partial charge is 0.135 e. The monoisotopic (exact) mass is 343 g/mol. The van der Waals surface area contributed by atoms with Crippen molar-refractivity contribution in [1.82, 2.24) is 4.98 Å². The zero-order chi connectivity index (χ0) is 18.0. The number of aliphatic hydroxyl groups is 1. The van der Waals surface area contributed by atoms with Crippen LogP contribution in [0.4, 0.5) is 0 Å². The molecule has 3 heteroatoms. The van der Waals surface area contributed by atoms with Crippen molar-refractivity contribution in [2.45, 2.75) is 57.5 Å². The summed E-state index contributed by atoms with van der Waals surface area (Å²) < 4.78 is 0. The highest BCUT2D eigenvalue weighted by Crippen LogP contribution is 2.62. The average Bonchev–Trinajstić information content (AvgIpc) is 2.52. The highest BCUT2D eigenvalue weighted by Gasteiger charge is 2.43. The van der Waals surface area contributed by atoms with Crippen LogP contribution in [0.15, 0.2) is 54.7 Å². The largest absolute Gasteiger partial charge is 0.378 e. The van der Waals surface area contributed by atoms with E-state index in [-0.39, 0.29) is 10.3 Å². The molecule has 0 spiro atoms. The summed E-state index contributed by atoms with van der Waals surface area (Å²) in [7, 11) is -0.468. The van der Waals surface area contributed by atoms with Crippen LogP contribution in [0.5, 0.6) is 0 Å². The van der Waals surface area contributed by atoms with E-state index in [2.05, 4.69) is 46.5 Å². The van der Waals surface area contributed by atoms with Gasteiger partial charge in [0.15, 0.2) is 0 Å². The van der Waals surface area contributed by atoms with Crippen LogP contribution in [0.1, 0.15) is 52.8 Å². The number of hydrogen-bond acceptors (Lipinski definition) is 2. The molecule has 1 N–H and O–H groups in total. The van der Waals surface area contributed by atoms with Crippen LogP contribution in [-0.4, -0.2) is 26.6 Å². The van der Waals surface area contributed by atoms with E-state index < -0.39 is 13.5 Å². The van der Waals surface area contributed by atoms with Crippen molar-refractivity contribution in [2.75, 3.05) is 6.16 Å². The molecule has 130 valence electrons. The molecule has 2 nitrogen and oxygen atoms in total. The van der Waals surface area contributed by atoms with E-state index in [0.29, 0.717) is 6.16 Å². The first-order chi connectivity index (χ1) is 11.0. The molecule has 1 aromatic heterocycles. The lowest BCUT2D eigenvalue weighted by molar-refractivity contribution is 0.101. The van der Waals surface area contributed by atoms with Crippen molar-refractivity contribution in [3.8, 4) is 0 Å². The first kappa shape index (κ1) is 19.1. The predicted molar refractivity (Wildman–Crippen MR) is 105 cm³/mol. The number of nitrogens with zero attached hydrogens (tertiary/aromatic N) is 1. The van der Waals surface area contributed by atoms with Gasteiger partial charge in [-0.15, -0.1) is 0 Å². The Morgan fingerprint density at radius 2 is 1.38 bits per heavy atom. The molecule has 0 radical (unpaired) electrons. The average molecular weight is 343 g/mol. The Labute approximate surface area is 148 Å². The quantitative estimate of drug-likeness (QED) is 0.754. The van der Waals surface area contributed by atoms with E-state index >= 15 is 0 Å². The Hall–Kier alpha value is -1.24. The predicted octanol–water partition coefficient (Wildman–Crippen LogP) is 5.40. The molecule has 0 amide bonds. The molecular weight excluding hydrogens is 313 g/mol. The van der Waals surface area contributed by atoms with Gasteiger partial charge in [-0.1, -0.05) is 85.9 Å². The molecule has 24 heavy (non-hydrogen) atoms. The molecule has 2 aromatic rings. The number of rotatable bonds is 4. The van der Waals surface area contributed by atoms with Gasteiger partial charge in [-0.3, -0.25) is 4.98 Å². The fourth-order valence-corrected chi connectivity index (χ4v) is 7.11. The maximum Gasteiger partial charge on any atom is 0.135 e. The first-order valence-corrected chi connectivity index (χ1v) is 10.0. The third kappa shape index (κ3) is 4.23. The Morgan fingerprint density at radius 1 is 0.833 bits per heavy atom. The highest BCUT2D eigenvalue weighted by atomic mass is 31.1. The molecule has 0 unspecified atom stereocenters. The Balaban J connectivity index is 2.56. The summed E-state index contributed by atoms with van der Waals surface area (Å²) in [6.45, 7) is 13.7. The molecule has 0 saturated carbocycles. The topological polar surface area (TPSA) is 33.1 Å². The summed E-state index contributed by atoms with van der Waals surface area (Å²) in [5, 5.41) is 12.1. The lowest BCUT2D eigenvalue weighted by Crippen LogP contribution is -2.38. The second-order valence-electron chi connectivity index (χ2n) is 8.37. The molecule has 0 aliphatic carbocycles. The molecule has 2 rings (SSSR count). The van der Waals surface area contributed by atoms with Crippen LogP contribution in [0, 0.1) is 0 Å². The van der Waals surface area contributed by atoms with Gasteiger partial charge in [0, 0.05) is 12.4 Å². The van der Waals surface area contributed by atoms with Gasteiger partial charge in [-0.25, -0.2) is 0 Å². The van der Waals surface area contributed by atoms with Crippen molar-refractivity contribution in [3.63, 3.8) is 0 Å². The normalized spacial score (nSPS) is 15.3. The van der Waals surface area contributed by atoms with Crippen LogP contribution >= 0.6 is 7.92 Å². The van der Waals surface area contributed by atoms with Gasteiger partial charge in [-0.05, 0) is 28.0 Å². The van der Waals surface area contributed by atoms with Gasteiger partial charge < -0.3 is 5.11 Å². The summed E-state index contributed by atoms with van der Waals surface area (Å²) in [5.41, 5.74) is 0.594. The van der Waals surface area contributed by atoms with E-state index in [9.17, 15) is 5.11 Å². The van der Waals surface area contributed by atoms with Crippen molar-refractivity contribution in [3.05, 3.63) is 66.0 Å². The summed E-state index contributed by atoms with van der Waals surface area (Å²) in [6, 6.07) is 15.8. The van der Waals surface area contributed by atoms with Gasteiger partial charge in [0.1, 0.15) is 5.60 Å². The van der Waals surface area contributed by atoms with Crippen molar-refractivity contribution >= 4 is 7.92 Å². The standard InChI is InChI=1S/C21H30NOP/c1-19(2,3)24(20(4,5)6)16-21(23,17-12-8-7-9-13-17)18-14-10-11-15-22-18/h7-15,23H,16H2,1-6H3/t21-/m0/s1.